The predicted octanol–water partition coefficient (Wildman–Crippen LogP) is 0.110. The van der Waals surface area contributed by atoms with Gasteiger partial charge in [-0.05, 0) is 6.92 Å². The van der Waals surface area contributed by atoms with E-state index in [1.54, 1.807) is 11.8 Å². The van der Waals surface area contributed by atoms with Gasteiger partial charge in [0.05, 0.1) is 18.8 Å². The highest BCUT2D eigenvalue weighted by atomic mass is 32.1. The minimum Gasteiger partial charge on any atom is -0.438 e. The van der Waals surface area contributed by atoms with Crippen LogP contribution in [0.1, 0.15) is 16.2 Å². The average molecular weight is 255 g/mol. The highest BCUT2D eigenvalue weighted by Gasteiger charge is 2.29. The molecule has 1 aromatic rings. The highest BCUT2D eigenvalue weighted by Crippen LogP contribution is 2.13. The summed E-state index contributed by atoms with van der Waals surface area (Å²) in [5.41, 5.74) is 6.09. The van der Waals surface area contributed by atoms with Gasteiger partial charge in [0.25, 0.3) is 5.91 Å². The third kappa shape index (κ3) is 2.45. The smallest absolute Gasteiger partial charge is 0.291 e. The number of morpholine rings is 1. The molecule has 2 rings (SSSR count). The van der Waals surface area contributed by atoms with Crippen molar-refractivity contribution in [2.24, 2.45) is 5.73 Å². The maximum absolute atomic E-state index is 12.1. The van der Waals surface area contributed by atoms with Crippen LogP contribution >= 0.6 is 12.2 Å². The Labute approximate surface area is 104 Å². The van der Waals surface area contributed by atoms with Crippen molar-refractivity contribution >= 4 is 23.1 Å². The van der Waals surface area contributed by atoms with E-state index in [0.29, 0.717) is 25.4 Å². The molecule has 0 spiro atoms. The van der Waals surface area contributed by atoms with Crippen molar-refractivity contribution in [3.8, 4) is 0 Å². The number of hydrogen-bond donors (Lipinski definition) is 1. The quantitative estimate of drug-likeness (QED) is 0.755. The third-order valence-electron chi connectivity index (χ3n) is 2.61. The Balaban J connectivity index is 2.10. The van der Waals surface area contributed by atoms with Crippen LogP contribution in [0.3, 0.4) is 0 Å². The van der Waals surface area contributed by atoms with Gasteiger partial charge in [-0.1, -0.05) is 12.2 Å². The molecule has 6 nitrogen and oxygen atoms in total. The van der Waals surface area contributed by atoms with Crippen molar-refractivity contribution in [1.82, 2.24) is 9.88 Å². The van der Waals surface area contributed by atoms with Crippen LogP contribution in [0.5, 0.6) is 0 Å². The molecule has 92 valence electrons. The number of nitrogens with zero attached hydrogens (tertiary/aromatic N) is 2. The SMILES string of the molecule is Cc1ncoc1C(=O)N1CCOC(C(N)=S)C1. The molecule has 1 fully saturated rings. The van der Waals surface area contributed by atoms with E-state index in [9.17, 15) is 4.79 Å². The van der Waals surface area contributed by atoms with E-state index < -0.39 is 0 Å². The van der Waals surface area contributed by atoms with E-state index in [4.69, 9.17) is 27.1 Å². The summed E-state index contributed by atoms with van der Waals surface area (Å²) in [6, 6.07) is 0. The first-order chi connectivity index (χ1) is 8.09. The Bertz CT molecular complexity index is 446. The van der Waals surface area contributed by atoms with Crippen LogP contribution in [0.15, 0.2) is 10.8 Å². The summed E-state index contributed by atoms with van der Waals surface area (Å²) in [5.74, 6) is 0.0538. The summed E-state index contributed by atoms with van der Waals surface area (Å²) in [6.45, 7) is 3.00. The van der Waals surface area contributed by atoms with Gasteiger partial charge in [0.1, 0.15) is 11.1 Å². The van der Waals surface area contributed by atoms with Crippen LogP contribution in [-0.4, -0.2) is 46.6 Å². The number of thiocarbonyl (C=S) groups is 1. The molecule has 2 heterocycles. The Morgan fingerprint density at radius 1 is 1.71 bits per heavy atom. The number of oxazole rings is 1. The Hall–Kier alpha value is -1.47. The molecule has 2 N–H and O–H groups in total. The summed E-state index contributed by atoms with van der Waals surface area (Å²) < 4.78 is 10.4. The number of amides is 1. The fourth-order valence-corrected chi connectivity index (χ4v) is 1.80. The summed E-state index contributed by atoms with van der Waals surface area (Å²) >= 11 is 4.86. The minimum absolute atomic E-state index is 0.204. The normalized spacial score (nSPS) is 20.3. The zero-order chi connectivity index (χ0) is 12.4. The number of ether oxygens (including phenoxy) is 1. The van der Waals surface area contributed by atoms with E-state index in [-0.39, 0.29) is 22.8 Å². The topological polar surface area (TPSA) is 81.6 Å². The van der Waals surface area contributed by atoms with Gasteiger partial charge in [0.2, 0.25) is 5.76 Å². The van der Waals surface area contributed by atoms with Crippen molar-refractivity contribution in [3.05, 3.63) is 17.8 Å². The lowest BCUT2D eigenvalue weighted by atomic mass is 10.2. The van der Waals surface area contributed by atoms with Crippen LogP contribution < -0.4 is 5.73 Å². The maximum Gasteiger partial charge on any atom is 0.291 e. The third-order valence-corrected chi connectivity index (χ3v) is 2.87. The lowest BCUT2D eigenvalue weighted by molar-refractivity contribution is 0.00727. The number of carbonyl (C=O) groups excluding carboxylic acids is 1. The monoisotopic (exact) mass is 255 g/mol. The summed E-state index contributed by atoms with van der Waals surface area (Å²) in [4.78, 5) is 17.9. The summed E-state index contributed by atoms with van der Waals surface area (Å²) in [5, 5.41) is 0. The van der Waals surface area contributed by atoms with E-state index >= 15 is 0 Å². The first kappa shape index (κ1) is 12.0. The Morgan fingerprint density at radius 3 is 3.06 bits per heavy atom. The second kappa shape index (κ2) is 4.80. The summed E-state index contributed by atoms with van der Waals surface area (Å²) in [6.07, 6.45) is 0.875. The van der Waals surface area contributed by atoms with Crippen molar-refractivity contribution in [2.45, 2.75) is 13.0 Å². The molecule has 0 bridgehead atoms. The molecule has 0 radical (unpaired) electrons. The molecule has 1 aliphatic rings. The summed E-state index contributed by atoms with van der Waals surface area (Å²) in [7, 11) is 0. The molecule has 17 heavy (non-hydrogen) atoms. The molecule has 0 aromatic carbocycles. The molecule has 1 saturated heterocycles. The molecule has 0 aliphatic carbocycles. The zero-order valence-corrected chi connectivity index (χ0v) is 10.2. The van der Waals surface area contributed by atoms with Crippen molar-refractivity contribution in [2.75, 3.05) is 19.7 Å². The number of nitrogens with two attached hydrogens (primary N) is 1. The molecule has 1 amide bonds. The van der Waals surface area contributed by atoms with Crippen LogP contribution in [0.25, 0.3) is 0 Å². The van der Waals surface area contributed by atoms with E-state index in [1.807, 2.05) is 0 Å². The Kier molecular flexibility index (Phi) is 3.39. The number of aryl methyl sites for hydroxylation is 1. The number of rotatable bonds is 2. The van der Waals surface area contributed by atoms with Gasteiger partial charge in [0.15, 0.2) is 6.39 Å². The van der Waals surface area contributed by atoms with Crippen molar-refractivity contribution in [3.63, 3.8) is 0 Å². The van der Waals surface area contributed by atoms with Gasteiger partial charge < -0.3 is 19.8 Å². The molecular formula is C10H13N3O3S. The predicted molar refractivity (Wildman–Crippen MR) is 63.7 cm³/mol. The standard InChI is InChI=1S/C10H13N3O3S/c1-6-8(16-5-12-6)10(14)13-2-3-15-7(4-13)9(11)17/h5,7H,2-4H2,1H3,(H2,11,17). The van der Waals surface area contributed by atoms with Crippen LogP contribution in [0.2, 0.25) is 0 Å². The minimum atomic E-state index is -0.383. The number of aromatic nitrogens is 1. The average Bonchev–Trinajstić information content (AvgIpc) is 2.74. The van der Waals surface area contributed by atoms with Crippen LogP contribution in [-0.2, 0) is 4.74 Å². The molecular weight excluding hydrogens is 242 g/mol. The largest absolute Gasteiger partial charge is 0.438 e. The van der Waals surface area contributed by atoms with Gasteiger partial charge in [-0.3, -0.25) is 4.79 Å². The first-order valence-electron chi connectivity index (χ1n) is 5.20. The van der Waals surface area contributed by atoms with Crippen molar-refractivity contribution < 1.29 is 13.9 Å². The van der Waals surface area contributed by atoms with Gasteiger partial charge in [0, 0.05) is 6.54 Å². The lowest BCUT2D eigenvalue weighted by Gasteiger charge is -2.31. The number of carbonyl (C=O) groups is 1. The molecule has 1 aliphatic heterocycles. The van der Waals surface area contributed by atoms with E-state index in [2.05, 4.69) is 4.98 Å². The van der Waals surface area contributed by atoms with Gasteiger partial charge in [-0.25, -0.2) is 4.98 Å². The fraction of sp³-hybridized carbons (Fsp3) is 0.500. The van der Waals surface area contributed by atoms with Crippen LogP contribution in [0.4, 0.5) is 0 Å². The zero-order valence-electron chi connectivity index (χ0n) is 9.38. The van der Waals surface area contributed by atoms with E-state index in [0.717, 1.165) is 0 Å². The molecule has 1 aromatic heterocycles. The van der Waals surface area contributed by atoms with Crippen LogP contribution in [0, 0.1) is 6.92 Å². The highest BCUT2D eigenvalue weighted by molar-refractivity contribution is 7.80. The lowest BCUT2D eigenvalue weighted by Crippen LogP contribution is -2.50. The number of hydrogen-bond acceptors (Lipinski definition) is 5. The molecule has 0 saturated carbocycles. The maximum atomic E-state index is 12.1. The Morgan fingerprint density at radius 2 is 2.47 bits per heavy atom. The second-order valence-electron chi connectivity index (χ2n) is 3.78. The second-order valence-corrected chi connectivity index (χ2v) is 4.25. The molecule has 7 heteroatoms. The molecule has 1 unspecified atom stereocenters. The van der Waals surface area contributed by atoms with Gasteiger partial charge >= 0.3 is 0 Å². The van der Waals surface area contributed by atoms with E-state index in [1.165, 1.54) is 6.39 Å². The molecule has 1 atom stereocenters. The fourth-order valence-electron chi connectivity index (χ4n) is 1.66. The van der Waals surface area contributed by atoms with Gasteiger partial charge in [-0.2, -0.15) is 0 Å². The first-order valence-corrected chi connectivity index (χ1v) is 5.60. The van der Waals surface area contributed by atoms with Gasteiger partial charge in [-0.15, -0.1) is 0 Å². The van der Waals surface area contributed by atoms with Crippen molar-refractivity contribution in [1.29, 1.82) is 0 Å².